The molecule has 3 aliphatic rings. The minimum atomic E-state index is -1.66. The van der Waals surface area contributed by atoms with Crippen LogP contribution in [0.3, 0.4) is 0 Å². The van der Waals surface area contributed by atoms with Crippen molar-refractivity contribution < 1.29 is 42.9 Å². The van der Waals surface area contributed by atoms with Gasteiger partial charge in [-0.15, -0.1) is 0 Å². The van der Waals surface area contributed by atoms with Gasteiger partial charge in [0, 0.05) is 13.8 Å². The molecule has 2 fully saturated rings. The molecule has 174 valence electrons. The molecule has 4 rings (SSSR count). The smallest absolute Gasteiger partial charge is 0.339 e. The molecule has 0 radical (unpaired) electrons. The van der Waals surface area contributed by atoms with E-state index >= 15 is 0 Å². The summed E-state index contributed by atoms with van der Waals surface area (Å²) < 4.78 is 21.2. The number of benzene rings is 1. The van der Waals surface area contributed by atoms with Gasteiger partial charge < -0.3 is 18.9 Å². The Bertz CT molecular complexity index is 1080. The highest BCUT2D eigenvalue weighted by atomic mass is 35.5. The maximum atomic E-state index is 13.5. The van der Waals surface area contributed by atoms with Crippen LogP contribution in [0.1, 0.15) is 31.1 Å². The van der Waals surface area contributed by atoms with Gasteiger partial charge in [0.05, 0.1) is 40.8 Å². The Kier molecular flexibility index (Phi) is 5.75. The fraction of sp³-hybridized carbons (Fsp3) is 0.409. The molecule has 0 aliphatic carbocycles. The summed E-state index contributed by atoms with van der Waals surface area (Å²) in [7, 11) is 0. The number of anilines is 1. The number of hydrogen-bond acceptors (Lipinski definition) is 9. The van der Waals surface area contributed by atoms with Crippen molar-refractivity contribution in [2.45, 2.75) is 38.8 Å². The van der Waals surface area contributed by atoms with E-state index in [1.807, 2.05) is 0 Å². The van der Waals surface area contributed by atoms with Crippen molar-refractivity contribution in [3.63, 3.8) is 0 Å². The summed E-state index contributed by atoms with van der Waals surface area (Å²) in [6.07, 6.45) is 0.695. The topological polar surface area (TPSA) is 126 Å². The average Bonchev–Trinajstić information content (AvgIpc) is 3.39. The molecule has 10 nitrogen and oxygen atoms in total. The van der Waals surface area contributed by atoms with Crippen LogP contribution in [0.15, 0.2) is 30.4 Å². The van der Waals surface area contributed by atoms with Crippen LogP contribution in [0.4, 0.5) is 5.69 Å². The lowest BCUT2D eigenvalue weighted by molar-refractivity contribution is -0.226. The molecular formula is C22H20ClNO9. The first kappa shape index (κ1) is 22.9. The number of carbonyl (C=O) groups excluding carboxylic acids is 5. The molecule has 33 heavy (non-hydrogen) atoms. The molecule has 4 atom stereocenters. The predicted octanol–water partition coefficient (Wildman–Crippen LogP) is 1.78. The Labute approximate surface area is 193 Å². The Balaban J connectivity index is 1.73. The molecule has 3 heterocycles. The number of hydrogen-bond donors (Lipinski definition) is 0. The fourth-order valence-electron chi connectivity index (χ4n) is 4.49. The standard InChI is InChI=1S/C22H20ClNO9/c1-4-30-20(29)13-9-12(5-6-14(13)23)24-18(27)16-15-7-8-22(33-15,17(16)19(24)28)21(31-10(2)25)32-11(3)26/h5-9,15-17,21H,4H2,1-3H3/t15-,16-,17-,22-/m0/s1. The molecule has 0 aromatic heterocycles. The summed E-state index contributed by atoms with van der Waals surface area (Å²) >= 11 is 6.10. The van der Waals surface area contributed by atoms with Gasteiger partial charge in [-0.3, -0.25) is 19.2 Å². The van der Waals surface area contributed by atoms with E-state index < -0.39 is 59.6 Å². The average molecular weight is 478 g/mol. The number of rotatable bonds is 6. The van der Waals surface area contributed by atoms with Crippen LogP contribution >= 0.6 is 11.6 Å². The molecule has 1 aromatic rings. The van der Waals surface area contributed by atoms with Gasteiger partial charge in [-0.2, -0.15) is 0 Å². The molecule has 2 bridgehead atoms. The maximum absolute atomic E-state index is 13.5. The van der Waals surface area contributed by atoms with Crippen LogP contribution in [0.2, 0.25) is 5.02 Å². The first-order valence-electron chi connectivity index (χ1n) is 10.2. The third-order valence-electron chi connectivity index (χ3n) is 5.70. The Hall–Kier alpha value is -3.24. The van der Waals surface area contributed by atoms with Crippen LogP contribution in [-0.2, 0) is 38.1 Å². The highest BCUT2D eigenvalue weighted by Gasteiger charge is 2.72. The van der Waals surface area contributed by atoms with E-state index in [2.05, 4.69) is 0 Å². The number of nitrogens with zero attached hydrogens (tertiary/aromatic N) is 1. The molecule has 0 saturated carbocycles. The fourth-order valence-corrected chi connectivity index (χ4v) is 4.68. The summed E-state index contributed by atoms with van der Waals surface area (Å²) in [5.74, 6) is -5.49. The van der Waals surface area contributed by atoms with Gasteiger partial charge >= 0.3 is 17.9 Å². The molecule has 2 saturated heterocycles. The van der Waals surface area contributed by atoms with E-state index in [1.54, 1.807) is 13.0 Å². The summed E-state index contributed by atoms with van der Waals surface area (Å²) in [4.78, 5) is 63.3. The summed E-state index contributed by atoms with van der Waals surface area (Å²) in [6, 6.07) is 4.12. The van der Waals surface area contributed by atoms with Crippen LogP contribution < -0.4 is 4.90 Å². The van der Waals surface area contributed by atoms with E-state index in [0.29, 0.717) is 0 Å². The summed E-state index contributed by atoms with van der Waals surface area (Å²) in [6.45, 7) is 3.99. The van der Waals surface area contributed by atoms with Crippen molar-refractivity contribution in [2.24, 2.45) is 11.8 Å². The lowest BCUT2D eigenvalue weighted by Crippen LogP contribution is -2.52. The lowest BCUT2D eigenvalue weighted by atomic mass is 9.76. The van der Waals surface area contributed by atoms with E-state index in [1.165, 1.54) is 24.3 Å². The lowest BCUT2D eigenvalue weighted by Gasteiger charge is -2.34. The highest BCUT2D eigenvalue weighted by molar-refractivity contribution is 6.34. The first-order valence-corrected chi connectivity index (χ1v) is 10.5. The minimum absolute atomic E-state index is 0.00145. The molecule has 11 heteroatoms. The molecule has 1 aromatic carbocycles. The second kappa shape index (κ2) is 8.27. The summed E-state index contributed by atoms with van der Waals surface area (Å²) in [5, 5.41) is 0.0998. The van der Waals surface area contributed by atoms with E-state index in [4.69, 9.17) is 30.5 Å². The number of esters is 3. The second-order valence-corrected chi connectivity index (χ2v) is 8.15. The highest BCUT2D eigenvalue weighted by Crippen LogP contribution is 2.54. The Morgan fingerprint density at radius 1 is 1.15 bits per heavy atom. The zero-order chi connectivity index (χ0) is 24.1. The quantitative estimate of drug-likeness (QED) is 0.261. The van der Waals surface area contributed by atoms with Crippen LogP contribution in [0.25, 0.3) is 0 Å². The number of halogens is 1. The van der Waals surface area contributed by atoms with Gasteiger partial charge in [0.2, 0.25) is 11.8 Å². The van der Waals surface area contributed by atoms with Gasteiger partial charge in [-0.1, -0.05) is 17.7 Å². The van der Waals surface area contributed by atoms with Gasteiger partial charge in [0.25, 0.3) is 6.29 Å². The third kappa shape index (κ3) is 3.59. The number of ether oxygens (including phenoxy) is 4. The summed E-state index contributed by atoms with van der Waals surface area (Å²) in [5.41, 5.74) is -1.54. The molecular weight excluding hydrogens is 458 g/mol. The molecule has 0 unspecified atom stereocenters. The Morgan fingerprint density at radius 3 is 2.42 bits per heavy atom. The van der Waals surface area contributed by atoms with Crippen LogP contribution in [0, 0.1) is 11.8 Å². The zero-order valence-electron chi connectivity index (χ0n) is 17.9. The monoisotopic (exact) mass is 477 g/mol. The normalized spacial score (nSPS) is 27.2. The molecule has 2 amide bonds. The van der Waals surface area contributed by atoms with Gasteiger partial charge in [0.15, 0.2) is 5.60 Å². The van der Waals surface area contributed by atoms with Crippen molar-refractivity contribution in [3.8, 4) is 0 Å². The third-order valence-corrected chi connectivity index (χ3v) is 6.03. The number of amides is 2. The van der Waals surface area contributed by atoms with Crippen molar-refractivity contribution >= 4 is 47.0 Å². The van der Waals surface area contributed by atoms with Crippen molar-refractivity contribution in [2.75, 3.05) is 11.5 Å². The van der Waals surface area contributed by atoms with E-state index in [0.717, 1.165) is 18.7 Å². The van der Waals surface area contributed by atoms with Gasteiger partial charge in [-0.05, 0) is 31.2 Å². The number of fused-ring (bicyclic) bond motifs is 5. The van der Waals surface area contributed by atoms with E-state index in [9.17, 15) is 24.0 Å². The molecule has 0 spiro atoms. The maximum Gasteiger partial charge on any atom is 0.339 e. The van der Waals surface area contributed by atoms with Crippen molar-refractivity contribution in [3.05, 3.63) is 40.9 Å². The van der Waals surface area contributed by atoms with Gasteiger partial charge in [0.1, 0.15) is 0 Å². The van der Waals surface area contributed by atoms with Crippen molar-refractivity contribution in [1.29, 1.82) is 0 Å². The SMILES string of the molecule is CCOC(=O)c1cc(N2C(=O)[C@H]3[C@@H]4C=C[C@](C(OC(C)=O)OC(C)=O)(O4)[C@@H]3C2=O)ccc1Cl. The van der Waals surface area contributed by atoms with Crippen molar-refractivity contribution in [1.82, 2.24) is 0 Å². The van der Waals surface area contributed by atoms with Gasteiger partial charge in [-0.25, -0.2) is 9.69 Å². The molecule has 0 N–H and O–H groups in total. The second-order valence-electron chi connectivity index (χ2n) is 7.75. The van der Waals surface area contributed by atoms with Crippen LogP contribution in [0.5, 0.6) is 0 Å². The number of carbonyl (C=O) groups is 5. The first-order chi connectivity index (χ1) is 15.6. The Morgan fingerprint density at radius 2 is 1.82 bits per heavy atom. The minimum Gasteiger partial charge on any atom is -0.462 e. The van der Waals surface area contributed by atoms with Crippen LogP contribution in [-0.4, -0.2) is 54.3 Å². The number of imide groups is 1. The van der Waals surface area contributed by atoms with E-state index in [-0.39, 0.29) is 22.9 Å². The predicted molar refractivity (Wildman–Crippen MR) is 111 cm³/mol. The zero-order valence-corrected chi connectivity index (χ0v) is 18.7. The molecule has 3 aliphatic heterocycles. The largest absolute Gasteiger partial charge is 0.462 e.